The third kappa shape index (κ3) is 3.23. The number of carbonyl (C=O) groups is 2. The maximum absolute atomic E-state index is 13.7. The summed E-state index contributed by atoms with van der Waals surface area (Å²) in [6, 6.07) is 16.8. The molecule has 3 N–H and O–H groups in total. The van der Waals surface area contributed by atoms with E-state index in [2.05, 4.69) is 15.7 Å². The lowest BCUT2D eigenvalue weighted by atomic mass is 9.88. The number of urea groups is 1. The summed E-state index contributed by atoms with van der Waals surface area (Å²) in [7, 11) is 1.89. The number of nitrogens with one attached hydrogen (secondary N) is 2. The number of carbonyl (C=O) groups excluding carboxylic acids is 2. The molecule has 1 aliphatic rings. The van der Waals surface area contributed by atoms with Gasteiger partial charge in [0.1, 0.15) is 5.82 Å². The number of hydrogen-bond acceptors (Lipinski definition) is 4. The predicted octanol–water partition coefficient (Wildman–Crippen LogP) is 3.77. The Labute approximate surface area is 198 Å². The molecule has 0 bridgehead atoms. The number of aromatic hydroxyl groups is 1. The Bertz CT molecular complexity index is 1650. The molecule has 1 aliphatic heterocycles. The molecule has 0 aliphatic carbocycles. The number of aromatic nitrogens is 3. The van der Waals surface area contributed by atoms with E-state index in [0.717, 1.165) is 22.0 Å². The van der Waals surface area contributed by atoms with Gasteiger partial charge in [0.15, 0.2) is 11.4 Å². The Morgan fingerprint density at radius 2 is 1.77 bits per heavy atom. The lowest BCUT2D eigenvalue weighted by Gasteiger charge is -2.27. The molecule has 35 heavy (non-hydrogen) atoms. The first-order valence-electron chi connectivity index (χ1n) is 11.0. The summed E-state index contributed by atoms with van der Waals surface area (Å²) < 4.78 is 17.0. The highest BCUT2D eigenvalue weighted by atomic mass is 19.1. The van der Waals surface area contributed by atoms with Crippen molar-refractivity contribution < 1.29 is 19.1 Å². The summed E-state index contributed by atoms with van der Waals surface area (Å²) in [5, 5.41) is 22.0. The molecule has 6 rings (SSSR count). The molecule has 3 heterocycles. The number of rotatable bonds is 4. The molecule has 1 saturated heterocycles. The number of imide groups is 1. The van der Waals surface area contributed by atoms with E-state index in [1.807, 2.05) is 42.1 Å². The zero-order valence-corrected chi connectivity index (χ0v) is 18.6. The Hall–Kier alpha value is -4.66. The Balaban J connectivity index is 1.40. The SMILES string of the molecule is Cn1ncc2cc(-c3ccc([C@]4(Cn5cc6ccc(F)cc6c5O)NC(=O)NC4=O)cc3)ccc21. The van der Waals surface area contributed by atoms with Gasteiger partial charge in [-0.15, -0.1) is 0 Å². The molecule has 2 aromatic heterocycles. The van der Waals surface area contributed by atoms with Gasteiger partial charge in [-0.2, -0.15) is 5.10 Å². The molecule has 8 nitrogen and oxygen atoms in total. The van der Waals surface area contributed by atoms with Gasteiger partial charge in [0.25, 0.3) is 5.91 Å². The molecular weight excluding hydrogens is 449 g/mol. The van der Waals surface area contributed by atoms with Crippen LogP contribution in [0.5, 0.6) is 5.88 Å². The molecule has 3 aromatic carbocycles. The zero-order chi connectivity index (χ0) is 24.3. The lowest BCUT2D eigenvalue weighted by Crippen LogP contribution is -2.47. The molecule has 1 atom stereocenters. The van der Waals surface area contributed by atoms with Crippen molar-refractivity contribution in [1.29, 1.82) is 0 Å². The topological polar surface area (TPSA) is 101 Å². The molecule has 0 saturated carbocycles. The fraction of sp³-hybridized carbons (Fsp3) is 0.115. The highest BCUT2D eigenvalue weighted by Gasteiger charge is 2.48. The molecule has 1 fully saturated rings. The molecule has 3 amide bonds. The van der Waals surface area contributed by atoms with Crippen molar-refractivity contribution in [3.63, 3.8) is 0 Å². The predicted molar refractivity (Wildman–Crippen MR) is 128 cm³/mol. The van der Waals surface area contributed by atoms with E-state index in [1.54, 1.807) is 30.6 Å². The third-order valence-corrected chi connectivity index (χ3v) is 6.63. The second kappa shape index (κ2) is 7.42. The van der Waals surface area contributed by atoms with E-state index in [9.17, 15) is 19.1 Å². The van der Waals surface area contributed by atoms with Crippen LogP contribution >= 0.6 is 0 Å². The van der Waals surface area contributed by atoms with E-state index < -0.39 is 23.3 Å². The van der Waals surface area contributed by atoms with Crippen LogP contribution in [0.25, 0.3) is 32.8 Å². The monoisotopic (exact) mass is 469 g/mol. The molecule has 174 valence electrons. The van der Waals surface area contributed by atoms with Crippen LogP contribution in [0.1, 0.15) is 5.56 Å². The average molecular weight is 469 g/mol. The van der Waals surface area contributed by atoms with Crippen molar-refractivity contribution in [2.75, 3.05) is 0 Å². The van der Waals surface area contributed by atoms with Gasteiger partial charge in [0.05, 0.1) is 18.3 Å². The molecular formula is C26H20FN5O3. The second-order valence-corrected chi connectivity index (χ2v) is 8.74. The van der Waals surface area contributed by atoms with Crippen LogP contribution in [0.2, 0.25) is 0 Å². The molecule has 5 aromatic rings. The van der Waals surface area contributed by atoms with Crippen molar-refractivity contribution >= 4 is 33.6 Å². The van der Waals surface area contributed by atoms with Gasteiger partial charge in [0.2, 0.25) is 0 Å². The molecule has 0 radical (unpaired) electrons. The molecule has 9 heteroatoms. The van der Waals surface area contributed by atoms with Crippen LogP contribution in [0.3, 0.4) is 0 Å². The number of benzene rings is 3. The Kier molecular flexibility index (Phi) is 4.44. The van der Waals surface area contributed by atoms with Crippen LogP contribution in [0, 0.1) is 5.82 Å². The quantitative estimate of drug-likeness (QED) is 0.349. The van der Waals surface area contributed by atoms with Gasteiger partial charge in [-0.3, -0.25) is 14.8 Å². The summed E-state index contributed by atoms with van der Waals surface area (Å²) >= 11 is 0. The van der Waals surface area contributed by atoms with Gasteiger partial charge in [-0.05, 0) is 47.0 Å². The minimum atomic E-state index is -1.45. The first-order valence-corrected chi connectivity index (χ1v) is 11.0. The van der Waals surface area contributed by atoms with Crippen LogP contribution in [-0.2, 0) is 23.9 Å². The summed E-state index contributed by atoms with van der Waals surface area (Å²) in [6.45, 7) is -0.0757. The van der Waals surface area contributed by atoms with Crippen molar-refractivity contribution in [1.82, 2.24) is 25.0 Å². The minimum absolute atomic E-state index is 0.0757. The number of fused-ring (bicyclic) bond motifs is 2. The maximum Gasteiger partial charge on any atom is 0.322 e. The van der Waals surface area contributed by atoms with Crippen molar-refractivity contribution in [3.05, 3.63) is 84.4 Å². The Morgan fingerprint density at radius 1 is 1.00 bits per heavy atom. The maximum atomic E-state index is 13.7. The fourth-order valence-electron chi connectivity index (χ4n) is 4.78. The largest absolute Gasteiger partial charge is 0.494 e. The van der Waals surface area contributed by atoms with E-state index in [1.165, 1.54) is 16.7 Å². The average Bonchev–Trinajstić information content (AvgIpc) is 3.47. The van der Waals surface area contributed by atoms with Crippen molar-refractivity contribution in [3.8, 4) is 17.0 Å². The van der Waals surface area contributed by atoms with Crippen LogP contribution in [-0.4, -0.2) is 31.4 Å². The highest BCUT2D eigenvalue weighted by molar-refractivity contribution is 6.07. The highest BCUT2D eigenvalue weighted by Crippen LogP contribution is 2.34. The smallest absolute Gasteiger partial charge is 0.322 e. The van der Waals surface area contributed by atoms with Gasteiger partial charge >= 0.3 is 6.03 Å². The van der Waals surface area contributed by atoms with Crippen LogP contribution < -0.4 is 10.6 Å². The summed E-state index contributed by atoms with van der Waals surface area (Å²) in [5.41, 5.74) is 2.05. The third-order valence-electron chi connectivity index (χ3n) is 6.63. The van der Waals surface area contributed by atoms with Gasteiger partial charge in [-0.1, -0.05) is 30.3 Å². The second-order valence-electron chi connectivity index (χ2n) is 8.74. The van der Waals surface area contributed by atoms with Crippen molar-refractivity contribution in [2.45, 2.75) is 12.1 Å². The number of hydrogen-bond donors (Lipinski definition) is 3. The fourth-order valence-corrected chi connectivity index (χ4v) is 4.78. The summed E-state index contributed by atoms with van der Waals surface area (Å²) in [4.78, 5) is 25.2. The first-order chi connectivity index (χ1) is 16.8. The zero-order valence-electron chi connectivity index (χ0n) is 18.6. The number of aryl methyl sites for hydroxylation is 1. The summed E-state index contributed by atoms with van der Waals surface area (Å²) in [5.74, 6) is -1.20. The van der Waals surface area contributed by atoms with Crippen molar-refractivity contribution in [2.24, 2.45) is 7.05 Å². The van der Waals surface area contributed by atoms with E-state index in [0.29, 0.717) is 16.3 Å². The normalized spacial score (nSPS) is 17.8. The number of amides is 3. The van der Waals surface area contributed by atoms with Gasteiger partial charge in [-0.25, -0.2) is 9.18 Å². The Morgan fingerprint density at radius 3 is 2.51 bits per heavy atom. The van der Waals surface area contributed by atoms with E-state index in [4.69, 9.17) is 0 Å². The van der Waals surface area contributed by atoms with Gasteiger partial charge < -0.3 is 15.0 Å². The first kappa shape index (κ1) is 20.9. The minimum Gasteiger partial charge on any atom is -0.494 e. The molecule has 0 unspecified atom stereocenters. The summed E-state index contributed by atoms with van der Waals surface area (Å²) in [6.07, 6.45) is 3.43. The van der Waals surface area contributed by atoms with E-state index in [-0.39, 0.29) is 12.4 Å². The lowest BCUT2D eigenvalue weighted by molar-refractivity contribution is -0.124. The van der Waals surface area contributed by atoms with E-state index >= 15 is 0 Å². The number of nitrogens with zero attached hydrogens (tertiary/aromatic N) is 3. The standard InChI is InChI=1S/C26H20FN5O3/c1-31-22-9-5-16(10-18(22)12-28-31)15-2-6-19(7-3-15)26(24(34)29-25(35)30-26)14-32-13-17-4-8-20(27)11-21(17)23(32)33/h2-13,33H,14H2,1H3,(H2,29,30,34,35)/t26-/m0/s1. The van der Waals surface area contributed by atoms with Crippen LogP contribution in [0.15, 0.2) is 73.1 Å². The molecule has 0 spiro atoms. The number of halogens is 1. The van der Waals surface area contributed by atoms with Crippen LogP contribution in [0.4, 0.5) is 9.18 Å². The van der Waals surface area contributed by atoms with Gasteiger partial charge in [0, 0.05) is 29.4 Å².